The molecule has 102 valence electrons. The van der Waals surface area contributed by atoms with Crippen LogP contribution in [0.15, 0.2) is 34.7 Å². The van der Waals surface area contributed by atoms with Crippen molar-refractivity contribution < 1.29 is 9.15 Å². The Morgan fingerprint density at radius 3 is 2.74 bits per heavy atom. The first-order valence-electron chi connectivity index (χ1n) is 6.36. The van der Waals surface area contributed by atoms with E-state index in [-0.39, 0.29) is 0 Å². The topological polar surface area (TPSA) is 48.4 Å². The summed E-state index contributed by atoms with van der Waals surface area (Å²) in [6, 6.07) is 9.59. The van der Waals surface area contributed by atoms with E-state index in [0.717, 1.165) is 29.9 Å². The van der Waals surface area contributed by atoms with Crippen LogP contribution in [-0.4, -0.2) is 6.54 Å². The van der Waals surface area contributed by atoms with Crippen LogP contribution in [-0.2, 0) is 13.0 Å². The minimum atomic E-state index is 0.382. The molecular formula is C15H18ClNO2. The highest BCUT2D eigenvalue weighted by molar-refractivity contribution is 6.32. The molecule has 1 aromatic heterocycles. The summed E-state index contributed by atoms with van der Waals surface area (Å²) in [5, 5.41) is 0.620. The molecule has 3 nitrogen and oxygen atoms in total. The van der Waals surface area contributed by atoms with Crippen LogP contribution in [0.4, 0.5) is 0 Å². The van der Waals surface area contributed by atoms with Crippen LogP contribution < -0.4 is 10.5 Å². The van der Waals surface area contributed by atoms with Crippen molar-refractivity contribution in [2.75, 3.05) is 6.54 Å². The molecule has 0 bridgehead atoms. The number of para-hydroxylation sites is 1. The Morgan fingerprint density at radius 2 is 2.00 bits per heavy atom. The minimum absolute atomic E-state index is 0.382. The van der Waals surface area contributed by atoms with Crippen molar-refractivity contribution in [3.63, 3.8) is 0 Å². The molecular weight excluding hydrogens is 262 g/mol. The third-order valence-corrected chi connectivity index (χ3v) is 3.16. The zero-order chi connectivity index (χ0) is 13.7. The van der Waals surface area contributed by atoms with Gasteiger partial charge in [0.2, 0.25) is 0 Å². The number of hydrogen-bond donors (Lipinski definition) is 1. The molecule has 0 aliphatic rings. The fraction of sp³-hybridized carbons (Fsp3) is 0.333. The van der Waals surface area contributed by atoms with E-state index in [9.17, 15) is 0 Å². The largest absolute Gasteiger partial charge is 0.484 e. The van der Waals surface area contributed by atoms with Crippen LogP contribution in [0.5, 0.6) is 5.75 Å². The summed E-state index contributed by atoms with van der Waals surface area (Å²) in [5.41, 5.74) is 6.49. The van der Waals surface area contributed by atoms with Gasteiger partial charge in [-0.15, -0.1) is 0 Å². The van der Waals surface area contributed by atoms with Crippen molar-refractivity contribution in [1.82, 2.24) is 0 Å². The van der Waals surface area contributed by atoms with E-state index in [1.165, 1.54) is 0 Å². The van der Waals surface area contributed by atoms with E-state index >= 15 is 0 Å². The van der Waals surface area contributed by atoms with Crippen molar-refractivity contribution >= 4 is 11.6 Å². The molecule has 0 fully saturated rings. The van der Waals surface area contributed by atoms with E-state index < -0.39 is 0 Å². The first kappa shape index (κ1) is 14.0. The Labute approximate surface area is 118 Å². The highest BCUT2D eigenvalue weighted by Crippen LogP contribution is 2.28. The third-order valence-electron chi connectivity index (χ3n) is 2.87. The van der Waals surface area contributed by atoms with Crippen LogP contribution in [0.1, 0.15) is 23.5 Å². The number of nitrogens with two attached hydrogens (primary N) is 1. The molecule has 0 atom stereocenters. The first-order chi connectivity index (χ1) is 9.20. The zero-order valence-corrected chi connectivity index (χ0v) is 11.7. The van der Waals surface area contributed by atoms with Crippen LogP contribution in [0.25, 0.3) is 0 Å². The fourth-order valence-corrected chi connectivity index (χ4v) is 2.13. The number of ether oxygens (including phenoxy) is 1. The number of furan rings is 1. The number of halogens is 1. The maximum Gasteiger partial charge on any atom is 0.146 e. The van der Waals surface area contributed by atoms with Gasteiger partial charge in [0.15, 0.2) is 0 Å². The van der Waals surface area contributed by atoms with Gasteiger partial charge in [-0.1, -0.05) is 23.7 Å². The monoisotopic (exact) mass is 279 g/mol. The van der Waals surface area contributed by atoms with Gasteiger partial charge in [0, 0.05) is 6.42 Å². The van der Waals surface area contributed by atoms with Crippen molar-refractivity contribution in [3.05, 3.63) is 52.4 Å². The summed E-state index contributed by atoms with van der Waals surface area (Å²) in [6.45, 7) is 3.02. The van der Waals surface area contributed by atoms with Gasteiger partial charge in [0.25, 0.3) is 0 Å². The lowest BCUT2D eigenvalue weighted by Crippen LogP contribution is -1.99. The molecule has 0 saturated heterocycles. The predicted molar refractivity (Wildman–Crippen MR) is 76.6 cm³/mol. The van der Waals surface area contributed by atoms with Gasteiger partial charge in [0.1, 0.15) is 23.9 Å². The molecule has 19 heavy (non-hydrogen) atoms. The quantitative estimate of drug-likeness (QED) is 0.877. The maximum absolute atomic E-state index is 6.10. The van der Waals surface area contributed by atoms with Gasteiger partial charge in [-0.25, -0.2) is 0 Å². The summed E-state index contributed by atoms with van der Waals surface area (Å²) in [6.07, 6.45) is 1.79. The average Bonchev–Trinajstić information content (AvgIpc) is 2.84. The highest BCUT2D eigenvalue weighted by Gasteiger charge is 2.07. The van der Waals surface area contributed by atoms with E-state index in [1.54, 1.807) is 0 Å². The van der Waals surface area contributed by atoms with E-state index in [2.05, 4.69) is 0 Å². The second-order valence-electron chi connectivity index (χ2n) is 4.43. The Morgan fingerprint density at radius 1 is 1.21 bits per heavy atom. The zero-order valence-electron chi connectivity index (χ0n) is 11.0. The Balaban J connectivity index is 1.97. The third kappa shape index (κ3) is 3.75. The van der Waals surface area contributed by atoms with Crippen LogP contribution in [0, 0.1) is 6.92 Å². The van der Waals surface area contributed by atoms with Crippen LogP contribution in [0.3, 0.4) is 0 Å². The Bertz CT molecular complexity index is 516. The van der Waals surface area contributed by atoms with Crippen LogP contribution >= 0.6 is 11.6 Å². The number of aryl methyl sites for hydroxylation is 2. The molecule has 0 amide bonds. The van der Waals surface area contributed by atoms with Gasteiger partial charge < -0.3 is 14.9 Å². The number of hydrogen-bond acceptors (Lipinski definition) is 3. The predicted octanol–water partition coefficient (Wildman–Crippen LogP) is 3.71. The number of rotatable bonds is 6. The lowest BCUT2D eigenvalue weighted by Gasteiger charge is -2.09. The maximum atomic E-state index is 6.10. The minimum Gasteiger partial charge on any atom is -0.484 e. The lowest BCUT2D eigenvalue weighted by atomic mass is 10.2. The molecule has 0 aliphatic heterocycles. The second kappa shape index (κ2) is 6.64. The van der Waals surface area contributed by atoms with E-state index in [1.807, 2.05) is 37.3 Å². The second-order valence-corrected chi connectivity index (χ2v) is 4.84. The molecule has 4 heteroatoms. The average molecular weight is 280 g/mol. The molecule has 0 radical (unpaired) electrons. The molecule has 0 saturated carbocycles. The molecule has 2 aromatic rings. The first-order valence-corrected chi connectivity index (χ1v) is 6.74. The smallest absolute Gasteiger partial charge is 0.146 e. The Hall–Kier alpha value is -1.45. The summed E-state index contributed by atoms with van der Waals surface area (Å²) < 4.78 is 11.4. The number of benzene rings is 1. The van der Waals surface area contributed by atoms with E-state index in [4.69, 9.17) is 26.5 Å². The summed E-state index contributed by atoms with van der Waals surface area (Å²) in [5.74, 6) is 2.45. The van der Waals surface area contributed by atoms with E-state index in [0.29, 0.717) is 23.9 Å². The van der Waals surface area contributed by atoms with Crippen molar-refractivity contribution in [3.8, 4) is 5.75 Å². The molecule has 1 heterocycles. The van der Waals surface area contributed by atoms with Crippen molar-refractivity contribution in [2.45, 2.75) is 26.4 Å². The van der Waals surface area contributed by atoms with Gasteiger partial charge in [-0.3, -0.25) is 0 Å². The highest BCUT2D eigenvalue weighted by atomic mass is 35.5. The summed E-state index contributed by atoms with van der Waals surface area (Å²) >= 11 is 6.10. The fourth-order valence-electron chi connectivity index (χ4n) is 1.85. The standard InChI is InChI=1S/C15H18ClNO2/c1-11-4-2-6-14(16)15(11)18-10-13-8-7-12(19-13)5-3-9-17/h2,4,6-8H,3,5,9-10,17H2,1H3. The van der Waals surface area contributed by atoms with Crippen LogP contribution in [0.2, 0.25) is 5.02 Å². The van der Waals surface area contributed by atoms with Gasteiger partial charge in [0.05, 0.1) is 5.02 Å². The summed E-state index contributed by atoms with van der Waals surface area (Å²) in [4.78, 5) is 0. The lowest BCUT2D eigenvalue weighted by molar-refractivity contribution is 0.264. The Kier molecular flexibility index (Phi) is 4.88. The van der Waals surface area contributed by atoms with Gasteiger partial charge >= 0.3 is 0 Å². The molecule has 2 rings (SSSR count). The molecule has 0 unspecified atom stereocenters. The van der Waals surface area contributed by atoms with Crippen molar-refractivity contribution in [1.29, 1.82) is 0 Å². The normalized spacial score (nSPS) is 10.7. The molecule has 0 aliphatic carbocycles. The van der Waals surface area contributed by atoms with Gasteiger partial charge in [-0.05, 0) is 43.7 Å². The molecule has 1 aromatic carbocycles. The SMILES string of the molecule is Cc1cccc(Cl)c1OCc1ccc(CCCN)o1. The molecule has 2 N–H and O–H groups in total. The van der Waals surface area contributed by atoms with Crippen molar-refractivity contribution in [2.24, 2.45) is 5.73 Å². The molecule has 0 spiro atoms. The summed E-state index contributed by atoms with van der Waals surface area (Å²) in [7, 11) is 0. The van der Waals surface area contributed by atoms with Gasteiger partial charge in [-0.2, -0.15) is 0 Å².